The van der Waals surface area contributed by atoms with Crippen LogP contribution in [0.5, 0.6) is 0 Å². The molecule has 1 amide bonds. The van der Waals surface area contributed by atoms with Gasteiger partial charge in [-0.15, -0.1) is 0 Å². The Kier molecular flexibility index (Phi) is 4.62. The fourth-order valence-corrected chi connectivity index (χ4v) is 5.86. The smallest absolute Gasteiger partial charge is 0.411 e. The molecule has 7 heteroatoms. The number of nitrogens with zero attached hydrogens (tertiary/aromatic N) is 1. The molecule has 0 spiro atoms. The molecule has 0 heterocycles. The summed E-state index contributed by atoms with van der Waals surface area (Å²) < 4.78 is 47.3. The molecule has 136 valence electrons. The van der Waals surface area contributed by atoms with Crippen LogP contribution in [0.3, 0.4) is 0 Å². The maximum Gasteiger partial charge on any atom is 0.411 e. The van der Waals surface area contributed by atoms with E-state index in [4.69, 9.17) is 4.74 Å². The molecule has 0 unspecified atom stereocenters. The summed E-state index contributed by atoms with van der Waals surface area (Å²) >= 11 is 0. The minimum absolute atomic E-state index is 0.0362. The van der Waals surface area contributed by atoms with E-state index in [0.717, 1.165) is 0 Å². The van der Waals surface area contributed by atoms with Gasteiger partial charge in [-0.2, -0.15) is 0 Å². The van der Waals surface area contributed by atoms with Crippen LogP contribution in [0.4, 0.5) is 9.18 Å². The molecule has 0 radical (unpaired) electrons. The Morgan fingerprint density at radius 1 is 1.24 bits per heavy atom. The summed E-state index contributed by atoms with van der Waals surface area (Å²) in [6.07, 6.45) is 1.09. The lowest BCUT2D eigenvalue weighted by Gasteiger charge is -2.37. The number of alkyl halides is 1. The maximum absolute atomic E-state index is 15.2. The Bertz CT molecular complexity index is 776. The summed E-state index contributed by atoms with van der Waals surface area (Å²) in [6, 6.07) is 7.64. The predicted molar refractivity (Wildman–Crippen MR) is 91.4 cm³/mol. The van der Waals surface area contributed by atoms with Crippen molar-refractivity contribution in [1.82, 2.24) is 4.90 Å². The number of amides is 1. The molecule has 0 N–H and O–H groups in total. The van der Waals surface area contributed by atoms with E-state index in [1.54, 1.807) is 44.2 Å². The standard InChI is InChI=1S/C18H22FNO4S/c1-3-20(4-2)17(21)24-18(14-11-10-13(12-14)16(18)19)25(22,23)15-8-6-5-7-9-15/h5-11,13-14,16H,3-4,12H2,1-2H3/t13-,14+,16+,18+/m0/s1. The van der Waals surface area contributed by atoms with Crippen LogP contribution in [-0.4, -0.2) is 43.6 Å². The third-order valence-electron chi connectivity index (χ3n) is 5.14. The quantitative estimate of drug-likeness (QED) is 0.750. The zero-order chi connectivity index (χ0) is 18.2. The fourth-order valence-electron chi connectivity index (χ4n) is 3.75. The van der Waals surface area contributed by atoms with Crippen molar-refractivity contribution in [2.45, 2.75) is 36.3 Å². The summed E-state index contributed by atoms with van der Waals surface area (Å²) in [5, 5.41) is 0. The van der Waals surface area contributed by atoms with Crippen LogP contribution < -0.4 is 0 Å². The SMILES string of the molecule is CCN(CC)C(=O)O[C@@]1(S(=O)(=O)c2ccccc2)[C@@H]2C=C[C@@H](C2)[C@H]1F. The highest BCUT2D eigenvalue weighted by Crippen LogP contribution is 2.54. The third-order valence-corrected chi connectivity index (χ3v) is 7.48. The molecule has 4 atom stereocenters. The number of carbonyl (C=O) groups is 1. The topological polar surface area (TPSA) is 63.7 Å². The molecule has 1 aromatic rings. The largest absolute Gasteiger partial charge is 0.422 e. The zero-order valence-electron chi connectivity index (χ0n) is 14.3. The number of fused-ring (bicyclic) bond motifs is 2. The summed E-state index contributed by atoms with van der Waals surface area (Å²) in [4.78, 5) is 11.6. The summed E-state index contributed by atoms with van der Waals surface area (Å²) in [5.41, 5.74) is 0. The molecule has 2 aliphatic rings. The number of rotatable bonds is 5. The summed E-state index contributed by atoms with van der Waals surface area (Å²) in [6.45, 7) is 4.24. The number of benzene rings is 1. The molecule has 2 aliphatic carbocycles. The molecular weight excluding hydrogens is 345 g/mol. The van der Waals surface area contributed by atoms with Crippen molar-refractivity contribution in [2.75, 3.05) is 13.1 Å². The molecule has 2 bridgehead atoms. The van der Waals surface area contributed by atoms with E-state index in [9.17, 15) is 13.2 Å². The van der Waals surface area contributed by atoms with Crippen LogP contribution in [0.1, 0.15) is 20.3 Å². The van der Waals surface area contributed by atoms with Gasteiger partial charge in [0.15, 0.2) is 6.17 Å². The Balaban J connectivity index is 2.09. The van der Waals surface area contributed by atoms with E-state index in [-0.39, 0.29) is 4.90 Å². The van der Waals surface area contributed by atoms with Gasteiger partial charge in [0.2, 0.25) is 9.84 Å². The van der Waals surface area contributed by atoms with E-state index in [2.05, 4.69) is 0 Å². The fraction of sp³-hybridized carbons (Fsp3) is 0.500. The highest BCUT2D eigenvalue weighted by molar-refractivity contribution is 7.92. The van der Waals surface area contributed by atoms with E-state index in [1.165, 1.54) is 17.0 Å². The van der Waals surface area contributed by atoms with Crippen molar-refractivity contribution >= 4 is 15.9 Å². The first kappa shape index (κ1) is 17.9. The number of hydrogen-bond donors (Lipinski definition) is 0. The lowest BCUT2D eigenvalue weighted by Crippen LogP contribution is -2.55. The molecule has 0 saturated heterocycles. The van der Waals surface area contributed by atoms with Gasteiger partial charge in [0.05, 0.1) is 4.90 Å². The average Bonchev–Trinajstić information content (AvgIpc) is 3.19. The molecule has 5 nitrogen and oxygen atoms in total. The normalized spacial score (nSPS) is 30.4. The molecule has 25 heavy (non-hydrogen) atoms. The summed E-state index contributed by atoms with van der Waals surface area (Å²) in [7, 11) is -4.22. The van der Waals surface area contributed by atoms with Gasteiger partial charge < -0.3 is 9.64 Å². The van der Waals surface area contributed by atoms with Gasteiger partial charge in [0.25, 0.3) is 4.93 Å². The van der Waals surface area contributed by atoms with E-state index in [0.29, 0.717) is 19.5 Å². The van der Waals surface area contributed by atoms with Crippen LogP contribution in [0.25, 0.3) is 0 Å². The number of hydrogen-bond acceptors (Lipinski definition) is 4. The molecule has 1 aromatic carbocycles. The first-order valence-electron chi connectivity index (χ1n) is 8.48. The molecular formula is C18H22FNO4S. The molecule has 1 fully saturated rings. The second kappa shape index (κ2) is 6.44. The average molecular weight is 367 g/mol. The van der Waals surface area contributed by atoms with E-state index >= 15 is 4.39 Å². The van der Waals surface area contributed by atoms with Crippen LogP contribution in [0.2, 0.25) is 0 Å². The number of ether oxygens (including phenoxy) is 1. The first-order chi connectivity index (χ1) is 11.9. The van der Waals surface area contributed by atoms with Crippen molar-refractivity contribution in [3.63, 3.8) is 0 Å². The maximum atomic E-state index is 15.2. The molecule has 0 aliphatic heterocycles. The van der Waals surface area contributed by atoms with Crippen LogP contribution in [-0.2, 0) is 14.6 Å². The zero-order valence-corrected chi connectivity index (χ0v) is 15.1. The molecule has 3 rings (SSSR count). The number of allylic oxidation sites excluding steroid dienone is 1. The van der Waals surface area contributed by atoms with Gasteiger partial charge in [-0.05, 0) is 32.4 Å². The summed E-state index contributed by atoms with van der Waals surface area (Å²) in [5.74, 6) is -1.23. The van der Waals surface area contributed by atoms with E-state index in [1.807, 2.05) is 0 Å². The highest BCUT2D eigenvalue weighted by atomic mass is 32.2. The Morgan fingerprint density at radius 3 is 2.40 bits per heavy atom. The van der Waals surface area contributed by atoms with Gasteiger partial charge in [-0.25, -0.2) is 17.6 Å². The van der Waals surface area contributed by atoms with Gasteiger partial charge >= 0.3 is 6.09 Å². The second-order valence-corrected chi connectivity index (χ2v) is 8.49. The van der Waals surface area contributed by atoms with Crippen molar-refractivity contribution in [3.8, 4) is 0 Å². The van der Waals surface area contributed by atoms with Crippen molar-refractivity contribution in [1.29, 1.82) is 0 Å². The second-order valence-electron chi connectivity index (χ2n) is 6.37. The lowest BCUT2D eigenvalue weighted by atomic mass is 10.0. The Morgan fingerprint density at radius 2 is 1.88 bits per heavy atom. The van der Waals surface area contributed by atoms with E-state index < -0.39 is 38.9 Å². The monoisotopic (exact) mass is 367 g/mol. The first-order valence-corrected chi connectivity index (χ1v) is 9.96. The number of halogens is 1. The molecule has 0 aromatic heterocycles. The molecule has 1 saturated carbocycles. The van der Waals surface area contributed by atoms with Crippen molar-refractivity contribution in [2.24, 2.45) is 11.8 Å². The van der Waals surface area contributed by atoms with Crippen molar-refractivity contribution in [3.05, 3.63) is 42.5 Å². The minimum Gasteiger partial charge on any atom is -0.422 e. The van der Waals surface area contributed by atoms with Gasteiger partial charge in [0, 0.05) is 24.9 Å². The number of carbonyl (C=O) groups excluding carboxylic acids is 1. The van der Waals surface area contributed by atoms with Crippen molar-refractivity contribution < 1.29 is 22.3 Å². The van der Waals surface area contributed by atoms with Gasteiger partial charge in [-0.3, -0.25) is 0 Å². The third kappa shape index (κ3) is 2.56. The van der Waals surface area contributed by atoms with Gasteiger partial charge in [0.1, 0.15) is 0 Å². The lowest BCUT2D eigenvalue weighted by molar-refractivity contribution is -0.0122. The van der Waals surface area contributed by atoms with Crippen LogP contribution in [0.15, 0.2) is 47.4 Å². The minimum atomic E-state index is -4.22. The van der Waals surface area contributed by atoms with Gasteiger partial charge in [-0.1, -0.05) is 30.4 Å². The number of sulfone groups is 1. The predicted octanol–water partition coefficient (Wildman–Crippen LogP) is 3.18. The Hall–Kier alpha value is -1.89. The van der Waals surface area contributed by atoms with Crippen LogP contribution >= 0.6 is 0 Å². The highest BCUT2D eigenvalue weighted by Gasteiger charge is 2.68. The van der Waals surface area contributed by atoms with Crippen LogP contribution in [0, 0.1) is 11.8 Å². The Labute approximate surface area is 147 Å².